The molecule has 0 aromatic rings. The topological polar surface area (TPSA) is 78.3 Å². The number of carbonyl (C=O) groups is 1. The lowest BCUT2D eigenvalue weighted by atomic mass is 9.95. The highest BCUT2D eigenvalue weighted by molar-refractivity contribution is 7.99. The zero-order valence-corrected chi connectivity index (χ0v) is 13.0. The van der Waals surface area contributed by atoms with Crippen LogP contribution < -0.4 is 11.5 Å². The fourth-order valence-electron chi connectivity index (χ4n) is 2.09. The van der Waals surface area contributed by atoms with E-state index in [4.69, 9.17) is 16.2 Å². The van der Waals surface area contributed by atoms with Gasteiger partial charge in [-0.3, -0.25) is 4.79 Å². The van der Waals surface area contributed by atoms with Crippen LogP contribution in [0, 0.1) is 5.41 Å². The predicted octanol–water partition coefficient (Wildman–Crippen LogP) is 1.91. The van der Waals surface area contributed by atoms with Crippen LogP contribution in [-0.2, 0) is 9.53 Å². The number of rotatable bonds is 7. The highest BCUT2D eigenvalue weighted by Crippen LogP contribution is 2.27. The monoisotopic (exact) mass is 288 g/mol. The van der Waals surface area contributed by atoms with Crippen LogP contribution in [0.2, 0.25) is 0 Å². The maximum Gasteiger partial charge on any atom is 0.312 e. The van der Waals surface area contributed by atoms with Crippen LogP contribution in [0.15, 0.2) is 0 Å². The first-order valence-electron chi connectivity index (χ1n) is 7.20. The van der Waals surface area contributed by atoms with E-state index in [9.17, 15) is 4.79 Å². The lowest BCUT2D eigenvalue weighted by Gasteiger charge is -2.28. The maximum atomic E-state index is 12.2. The van der Waals surface area contributed by atoms with Gasteiger partial charge in [0.2, 0.25) is 0 Å². The van der Waals surface area contributed by atoms with Gasteiger partial charge in [-0.25, -0.2) is 0 Å². The normalized spacial score (nSPS) is 19.2. The maximum absolute atomic E-state index is 12.2. The molecule has 1 rings (SSSR count). The van der Waals surface area contributed by atoms with Gasteiger partial charge in [0.25, 0.3) is 0 Å². The van der Waals surface area contributed by atoms with Crippen LogP contribution in [0.25, 0.3) is 0 Å². The summed E-state index contributed by atoms with van der Waals surface area (Å²) in [6.07, 6.45) is 5.80. The van der Waals surface area contributed by atoms with Crippen LogP contribution in [0.3, 0.4) is 0 Å². The largest absolute Gasteiger partial charge is 0.462 e. The predicted molar refractivity (Wildman–Crippen MR) is 81.1 cm³/mol. The van der Waals surface area contributed by atoms with Crippen molar-refractivity contribution in [2.24, 2.45) is 16.9 Å². The lowest BCUT2D eigenvalue weighted by Crippen LogP contribution is -2.35. The molecule has 0 radical (unpaired) electrons. The summed E-state index contributed by atoms with van der Waals surface area (Å²) in [6, 6.07) is 0.00941. The summed E-state index contributed by atoms with van der Waals surface area (Å²) < 4.78 is 5.63. The molecule has 0 aromatic carbocycles. The lowest BCUT2D eigenvalue weighted by molar-refractivity contribution is -0.159. The van der Waals surface area contributed by atoms with E-state index in [1.807, 2.05) is 13.8 Å². The molecule has 4 N–H and O–H groups in total. The first-order chi connectivity index (χ1) is 8.95. The molecule has 0 bridgehead atoms. The molecule has 0 spiro atoms. The van der Waals surface area contributed by atoms with E-state index >= 15 is 0 Å². The van der Waals surface area contributed by atoms with E-state index < -0.39 is 5.41 Å². The molecule has 0 aromatic heterocycles. The summed E-state index contributed by atoms with van der Waals surface area (Å²) >= 11 is 1.68. The molecular formula is C14H28N2O2S. The Kier molecular flexibility index (Phi) is 7.18. The van der Waals surface area contributed by atoms with Gasteiger partial charge in [0.15, 0.2) is 0 Å². The van der Waals surface area contributed by atoms with Crippen LogP contribution >= 0.6 is 11.8 Å². The molecule has 0 heterocycles. The first-order valence-corrected chi connectivity index (χ1v) is 8.35. The number of ether oxygens (including phenoxy) is 1. The van der Waals surface area contributed by atoms with Crippen molar-refractivity contribution < 1.29 is 9.53 Å². The minimum atomic E-state index is -0.448. The molecule has 5 heteroatoms. The number of carbonyl (C=O) groups excluding carboxylic acids is 1. The van der Waals surface area contributed by atoms with Gasteiger partial charge < -0.3 is 16.2 Å². The molecule has 1 atom stereocenters. The third kappa shape index (κ3) is 6.15. The number of thioether (sulfide) groups is 1. The summed E-state index contributed by atoms with van der Waals surface area (Å²) in [5.41, 5.74) is 10.8. The van der Waals surface area contributed by atoms with Crippen molar-refractivity contribution in [3.05, 3.63) is 0 Å². The Morgan fingerprint density at radius 3 is 2.58 bits per heavy atom. The minimum absolute atomic E-state index is 0.00941. The van der Waals surface area contributed by atoms with Gasteiger partial charge in [-0.05, 0) is 39.5 Å². The van der Waals surface area contributed by atoms with E-state index in [0.717, 1.165) is 24.3 Å². The molecule has 0 aliphatic heterocycles. The second kappa shape index (κ2) is 8.12. The van der Waals surface area contributed by atoms with Crippen LogP contribution in [0.5, 0.6) is 0 Å². The van der Waals surface area contributed by atoms with Gasteiger partial charge in [-0.2, -0.15) is 11.8 Å². The van der Waals surface area contributed by atoms with E-state index in [0.29, 0.717) is 6.54 Å². The van der Waals surface area contributed by atoms with Crippen molar-refractivity contribution in [3.63, 3.8) is 0 Å². The zero-order chi connectivity index (χ0) is 14.3. The van der Waals surface area contributed by atoms with Crippen molar-refractivity contribution in [1.82, 2.24) is 0 Å². The SMILES string of the molecule is CC(C)(CSCC(N)CN)C(=O)OC1CCCCC1. The Balaban J connectivity index is 2.31. The van der Waals surface area contributed by atoms with Gasteiger partial charge in [-0.15, -0.1) is 0 Å². The van der Waals surface area contributed by atoms with Crippen molar-refractivity contribution in [3.8, 4) is 0 Å². The zero-order valence-electron chi connectivity index (χ0n) is 12.2. The average Bonchev–Trinajstić information content (AvgIpc) is 2.39. The van der Waals surface area contributed by atoms with Gasteiger partial charge >= 0.3 is 5.97 Å². The highest BCUT2D eigenvalue weighted by Gasteiger charge is 2.31. The van der Waals surface area contributed by atoms with E-state index in [1.54, 1.807) is 11.8 Å². The molecule has 1 fully saturated rings. The Morgan fingerprint density at radius 1 is 1.37 bits per heavy atom. The summed E-state index contributed by atoms with van der Waals surface area (Å²) in [5.74, 6) is 1.44. The molecule has 19 heavy (non-hydrogen) atoms. The van der Waals surface area contributed by atoms with Crippen LogP contribution in [0.1, 0.15) is 46.0 Å². The summed E-state index contributed by atoms with van der Waals surface area (Å²) in [5, 5.41) is 0. The van der Waals surface area contributed by atoms with Gasteiger partial charge in [0.1, 0.15) is 6.10 Å². The third-order valence-corrected chi connectivity index (χ3v) is 5.07. The van der Waals surface area contributed by atoms with E-state index in [1.165, 1.54) is 19.3 Å². The summed E-state index contributed by atoms with van der Waals surface area (Å²) in [6.45, 7) is 4.37. The number of hydrogen-bond acceptors (Lipinski definition) is 5. The van der Waals surface area contributed by atoms with Crippen LogP contribution in [-0.4, -0.2) is 36.2 Å². The number of hydrogen-bond donors (Lipinski definition) is 2. The smallest absolute Gasteiger partial charge is 0.312 e. The standard InChI is InChI=1S/C14H28N2O2S/c1-14(2,10-19-9-11(16)8-15)13(17)18-12-6-4-3-5-7-12/h11-12H,3-10,15-16H2,1-2H3. The van der Waals surface area contributed by atoms with Crippen molar-refractivity contribution in [2.45, 2.75) is 58.1 Å². The Bertz CT molecular complexity index is 279. The van der Waals surface area contributed by atoms with Gasteiger partial charge in [0, 0.05) is 24.1 Å². The average molecular weight is 288 g/mol. The summed E-state index contributed by atoms with van der Waals surface area (Å²) in [7, 11) is 0. The first kappa shape index (κ1) is 16.8. The highest BCUT2D eigenvalue weighted by atomic mass is 32.2. The molecule has 0 saturated heterocycles. The van der Waals surface area contributed by atoms with Crippen LogP contribution in [0.4, 0.5) is 0 Å². The molecule has 1 unspecified atom stereocenters. The van der Waals surface area contributed by atoms with Crippen molar-refractivity contribution in [1.29, 1.82) is 0 Å². The van der Waals surface area contributed by atoms with Gasteiger partial charge in [-0.1, -0.05) is 6.42 Å². The van der Waals surface area contributed by atoms with E-state index in [-0.39, 0.29) is 18.1 Å². The Morgan fingerprint density at radius 2 is 2.00 bits per heavy atom. The minimum Gasteiger partial charge on any atom is -0.462 e. The molecular weight excluding hydrogens is 260 g/mol. The van der Waals surface area contributed by atoms with Crippen molar-refractivity contribution in [2.75, 3.05) is 18.1 Å². The second-order valence-electron chi connectivity index (χ2n) is 6.06. The quantitative estimate of drug-likeness (QED) is 0.700. The molecule has 112 valence electrons. The number of esters is 1. The van der Waals surface area contributed by atoms with E-state index in [2.05, 4.69) is 0 Å². The molecule has 1 saturated carbocycles. The van der Waals surface area contributed by atoms with Gasteiger partial charge in [0.05, 0.1) is 5.41 Å². The molecule has 1 aliphatic carbocycles. The molecule has 0 amide bonds. The third-order valence-electron chi connectivity index (χ3n) is 3.48. The second-order valence-corrected chi connectivity index (χ2v) is 7.09. The molecule has 4 nitrogen and oxygen atoms in total. The summed E-state index contributed by atoms with van der Waals surface area (Å²) in [4.78, 5) is 12.2. The fourth-order valence-corrected chi connectivity index (χ4v) is 3.27. The fraction of sp³-hybridized carbons (Fsp3) is 0.929. The Labute approximate surface area is 121 Å². The molecule has 1 aliphatic rings. The number of nitrogens with two attached hydrogens (primary N) is 2. The van der Waals surface area contributed by atoms with Crippen molar-refractivity contribution >= 4 is 17.7 Å². The Hall–Kier alpha value is -0.260.